The number of carboxylic acid groups (broad SMARTS) is 1. The van der Waals surface area contributed by atoms with Crippen molar-refractivity contribution in [2.24, 2.45) is 5.92 Å². The molecule has 1 atom stereocenters. The molecule has 7 nitrogen and oxygen atoms in total. The Hall–Kier alpha value is -2.22. The fourth-order valence-electron chi connectivity index (χ4n) is 2.83. The number of amides is 1. The van der Waals surface area contributed by atoms with E-state index < -0.39 is 11.9 Å². The number of nitrogens with zero attached hydrogens (tertiary/aromatic N) is 3. The van der Waals surface area contributed by atoms with Crippen molar-refractivity contribution >= 4 is 33.4 Å². The van der Waals surface area contributed by atoms with Crippen molar-refractivity contribution in [1.82, 2.24) is 14.5 Å². The number of hydrogen-bond acceptors (Lipinski definition) is 5. The number of aromatic nitrogens is 2. The van der Waals surface area contributed by atoms with Crippen LogP contribution in [-0.4, -0.2) is 44.5 Å². The van der Waals surface area contributed by atoms with Crippen LogP contribution in [0.5, 0.6) is 0 Å². The molecule has 0 spiro atoms. The summed E-state index contributed by atoms with van der Waals surface area (Å²) in [6.45, 7) is 1.09. The molecule has 1 saturated heterocycles. The lowest BCUT2D eigenvalue weighted by Crippen LogP contribution is -2.42. The fourth-order valence-corrected chi connectivity index (χ4v) is 3.56. The van der Waals surface area contributed by atoms with Gasteiger partial charge in [0, 0.05) is 26.1 Å². The van der Waals surface area contributed by atoms with Gasteiger partial charge in [0.05, 0.1) is 17.6 Å². The van der Waals surface area contributed by atoms with E-state index in [9.17, 15) is 14.4 Å². The highest BCUT2D eigenvalue weighted by atomic mass is 32.1. The molecular weight excluding hydrogens is 318 g/mol. The average molecular weight is 335 g/mol. The standard InChI is InChI=1S/C15H17N3O4S/c19-12(17-5-1-2-10(8-17)15(21)22)3-6-18-9-16-13-11(14(18)20)4-7-23-13/h4,7,9-10H,1-3,5-6,8H2,(H,21,22)/t10-/m0/s1. The zero-order valence-electron chi connectivity index (χ0n) is 12.5. The zero-order valence-corrected chi connectivity index (χ0v) is 13.3. The highest BCUT2D eigenvalue weighted by molar-refractivity contribution is 7.16. The Labute approximate surface area is 136 Å². The van der Waals surface area contributed by atoms with Gasteiger partial charge in [-0.2, -0.15) is 0 Å². The third-order valence-corrected chi connectivity index (χ3v) is 4.96. The van der Waals surface area contributed by atoms with Gasteiger partial charge in [0.25, 0.3) is 5.56 Å². The first kappa shape index (κ1) is 15.7. The van der Waals surface area contributed by atoms with Gasteiger partial charge in [-0.3, -0.25) is 19.0 Å². The van der Waals surface area contributed by atoms with Crippen molar-refractivity contribution < 1.29 is 14.7 Å². The molecule has 0 aromatic carbocycles. The SMILES string of the molecule is O=C(O)[C@H]1CCCN(C(=O)CCn2cnc3sccc3c2=O)C1. The Kier molecular flexibility index (Phi) is 4.42. The summed E-state index contributed by atoms with van der Waals surface area (Å²) >= 11 is 1.40. The topological polar surface area (TPSA) is 92.5 Å². The molecule has 23 heavy (non-hydrogen) atoms. The van der Waals surface area contributed by atoms with Crippen LogP contribution in [0.3, 0.4) is 0 Å². The van der Waals surface area contributed by atoms with Gasteiger partial charge in [0.2, 0.25) is 5.91 Å². The largest absolute Gasteiger partial charge is 0.481 e. The van der Waals surface area contributed by atoms with Crippen molar-refractivity contribution in [3.05, 3.63) is 28.1 Å². The summed E-state index contributed by atoms with van der Waals surface area (Å²) in [6.07, 6.45) is 2.94. The van der Waals surface area contributed by atoms with Crippen molar-refractivity contribution in [2.45, 2.75) is 25.8 Å². The summed E-state index contributed by atoms with van der Waals surface area (Å²) < 4.78 is 1.44. The van der Waals surface area contributed by atoms with E-state index in [1.165, 1.54) is 22.2 Å². The number of carboxylic acids is 1. The van der Waals surface area contributed by atoms with E-state index in [2.05, 4.69) is 4.98 Å². The lowest BCUT2D eigenvalue weighted by molar-refractivity contribution is -0.145. The molecule has 0 aliphatic carbocycles. The Bertz CT molecular complexity index is 797. The molecule has 1 amide bonds. The summed E-state index contributed by atoms with van der Waals surface area (Å²) in [5, 5.41) is 11.4. The Balaban J connectivity index is 1.65. The minimum atomic E-state index is -0.856. The minimum absolute atomic E-state index is 0.117. The van der Waals surface area contributed by atoms with Crippen LogP contribution < -0.4 is 5.56 Å². The van der Waals surface area contributed by atoms with Crippen molar-refractivity contribution in [1.29, 1.82) is 0 Å². The molecule has 3 heterocycles. The number of likely N-dealkylation sites (tertiary alicyclic amines) is 1. The molecule has 0 unspecified atom stereocenters. The van der Waals surface area contributed by atoms with E-state index in [1.807, 2.05) is 5.38 Å². The van der Waals surface area contributed by atoms with Crippen molar-refractivity contribution in [2.75, 3.05) is 13.1 Å². The van der Waals surface area contributed by atoms with E-state index in [4.69, 9.17) is 5.11 Å². The third-order valence-electron chi connectivity index (χ3n) is 4.14. The molecule has 1 N–H and O–H groups in total. The van der Waals surface area contributed by atoms with Crippen LogP contribution in [0, 0.1) is 5.92 Å². The third kappa shape index (κ3) is 3.26. The Morgan fingerprint density at radius 2 is 2.26 bits per heavy atom. The number of fused-ring (bicyclic) bond motifs is 1. The average Bonchev–Trinajstić information content (AvgIpc) is 3.03. The number of aliphatic carboxylic acids is 1. The molecule has 122 valence electrons. The van der Waals surface area contributed by atoms with E-state index in [-0.39, 0.29) is 31.0 Å². The zero-order chi connectivity index (χ0) is 16.4. The second-order valence-corrected chi connectivity index (χ2v) is 6.54. The molecular formula is C15H17N3O4S. The predicted octanol–water partition coefficient (Wildman–Crippen LogP) is 1.17. The first-order valence-electron chi connectivity index (χ1n) is 7.49. The smallest absolute Gasteiger partial charge is 0.308 e. The Morgan fingerprint density at radius 3 is 3.04 bits per heavy atom. The van der Waals surface area contributed by atoms with Gasteiger partial charge >= 0.3 is 5.97 Å². The fraction of sp³-hybridized carbons (Fsp3) is 0.467. The van der Waals surface area contributed by atoms with Gasteiger partial charge in [0.1, 0.15) is 4.83 Å². The van der Waals surface area contributed by atoms with Crippen LogP contribution in [0.1, 0.15) is 19.3 Å². The van der Waals surface area contributed by atoms with Crippen LogP contribution in [0.25, 0.3) is 10.2 Å². The summed E-state index contributed by atoms with van der Waals surface area (Å²) in [5.41, 5.74) is -0.147. The number of carbonyl (C=O) groups is 2. The van der Waals surface area contributed by atoms with Crippen LogP contribution in [-0.2, 0) is 16.1 Å². The lowest BCUT2D eigenvalue weighted by atomic mass is 9.98. The number of piperidine rings is 1. The van der Waals surface area contributed by atoms with Gasteiger partial charge in [-0.05, 0) is 24.3 Å². The highest BCUT2D eigenvalue weighted by Gasteiger charge is 2.27. The highest BCUT2D eigenvalue weighted by Crippen LogP contribution is 2.17. The van der Waals surface area contributed by atoms with Crippen LogP contribution in [0.4, 0.5) is 0 Å². The number of hydrogen-bond donors (Lipinski definition) is 1. The van der Waals surface area contributed by atoms with Crippen LogP contribution in [0.2, 0.25) is 0 Å². The molecule has 3 rings (SSSR count). The van der Waals surface area contributed by atoms with Crippen LogP contribution >= 0.6 is 11.3 Å². The first-order chi connectivity index (χ1) is 11.1. The first-order valence-corrected chi connectivity index (χ1v) is 8.37. The molecule has 2 aromatic heterocycles. The maximum absolute atomic E-state index is 12.3. The second kappa shape index (κ2) is 6.49. The van der Waals surface area contributed by atoms with E-state index >= 15 is 0 Å². The molecule has 1 fully saturated rings. The summed E-state index contributed by atoms with van der Waals surface area (Å²) in [5.74, 6) is -1.46. The summed E-state index contributed by atoms with van der Waals surface area (Å²) in [6, 6.07) is 1.73. The number of rotatable bonds is 4. The van der Waals surface area contributed by atoms with E-state index in [0.29, 0.717) is 29.6 Å². The molecule has 0 radical (unpaired) electrons. The molecule has 0 saturated carbocycles. The molecule has 8 heteroatoms. The number of thiophene rings is 1. The van der Waals surface area contributed by atoms with Gasteiger partial charge in [0.15, 0.2) is 0 Å². The minimum Gasteiger partial charge on any atom is -0.481 e. The molecule has 0 bridgehead atoms. The summed E-state index contributed by atoms with van der Waals surface area (Å²) in [4.78, 5) is 42.1. The predicted molar refractivity (Wildman–Crippen MR) is 85.4 cm³/mol. The monoisotopic (exact) mass is 335 g/mol. The van der Waals surface area contributed by atoms with E-state index in [0.717, 1.165) is 0 Å². The maximum Gasteiger partial charge on any atom is 0.308 e. The maximum atomic E-state index is 12.3. The number of carbonyl (C=O) groups excluding carboxylic acids is 1. The number of aryl methyl sites for hydroxylation is 1. The van der Waals surface area contributed by atoms with Gasteiger partial charge < -0.3 is 10.0 Å². The second-order valence-electron chi connectivity index (χ2n) is 5.65. The summed E-state index contributed by atoms with van der Waals surface area (Å²) in [7, 11) is 0. The van der Waals surface area contributed by atoms with E-state index in [1.54, 1.807) is 11.0 Å². The van der Waals surface area contributed by atoms with Gasteiger partial charge in [-0.15, -0.1) is 11.3 Å². The van der Waals surface area contributed by atoms with Crippen molar-refractivity contribution in [3.8, 4) is 0 Å². The van der Waals surface area contributed by atoms with Gasteiger partial charge in [-0.1, -0.05) is 0 Å². The van der Waals surface area contributed by atoms with Crippen molar-refractivity contribution in [3.63, 3.8) is 0 Å². The van der Waals surface area contributed by atoms with Crippen LogP contribution in [0.15, 0.2) is 22.6 Å². The normalized spacial score (nSPS) is 18.3. The quantitative estimate of drug-likeness (QED) is 0.905. The lowest BCUT2D eigenvalue weighted by Gasteiger charge is -2.30. The van der Waals surface area contributed by atoms with Gasteiger partial charge in [-0.25, -0.2) is 4.98 Å². The Morgan fingerprint density at radius 1 is 1.43 bits per heavy atom. The molecule has 1 aliphatic heterocycles. The molecule has 1 aliphatic rings. The molecule has 2 aromatic rings.